The summed E-state index contributed by atoms with van der Waals surface area (Å²) in [6, 6.07) is 0.560. The Bertz CT molecular complexity index is 300. The summed E-state index contributed by atoms with van der Waals surface area (Å²) in [5.41, 5.74) is 1.19. The Balaban J connectivity index is 2.70. The Morgan fingerprint density at radius 1 is 1.31 bits per heavy atom. The van der Waals surface area contributed by atoms with Crippen LogP contribution in [0.1, 0.15) is 55.1 Å². The van der Waals surface area contributed by atoms with Crippen molar-refractivity contribution >= 4 is 11.3 Å². The molecular formula is C13H24N2S. The lowest BCUT2D eigenvalue weighted by Gasteiger charge is -2.22. The molecule has 0 saturated carbocycles. The van der Waals surface area contributed by atoms with Crippen molar-refractivity contribution in [1.82, 2.24) is 10.3 Å². The molecule has 0 spiro atoms. The molecule has 1 N–H and O–H groups in total. The molecule has 0 amide bonds. The average molecular weight is 240 g/mol. The van der Waals surface area contributed by atoms with Crippen molar-refractivity contribution in [3.05, 3.63) is 15.6 Å². The molecule has 0 aromatic carbocycles. The van der Waals surface area contributed by atoms with E-state index >= 15 is 0 Å². The number of hydrogen-bond acceptors (Lipinski definition) is 3. The Morgan fingerprint density at radius 3 is 2.44 bits per heavy atom. The third kappa shape index (κ3) is 3.29. The molecule has 16 heavy (non-hydrogen) atoms. The van der Waals surface area contributed by atoms with E-state index in [-0.39, 0.29) is 0 Å². The fraction of sp³-hybridized carbons (Fsp3) is 0.769. The average Bonchev–Trinajstić information content (AvgIpc) is 2.60. The van der Waals surface area contributed by atoms with Gasteiger partial charge in [0.2, 0.25) is 0 Å². The van der Waals surface area contributed by atoms with Gasteiger partial charge in [-0.1, -0.05) is 20.8 Å². The minimum Gasteiger partial charge on any atom is -0.313 e. The van der Waals surface area contributed by atoms with Crippen LogP contribution in [-0.2, 0) is 0 Å². The maximum atomic E-state index is 4.67. The predicted molar refractivity (Wildman–Crippen MR) is 72.4 cm³/mol. The molecule has 0 radical (unpaired) electrons. The largest absolute Gasteiger partial charge is 0.313 e. The van der Waals surface area contributed by atoms with Crippen molar-refractivity contribution in [3.8, 4) is 0 Å². The van der Waals surface area contributed by atoms with E-state index in [0.717, 1.165) is 6.54 Å². The first-order valence-corrected chi connectivity index (χ1v) is 7.09. The number of rotatable bonds is 6. The van der Waals surface area contributed by atoms with Gasteiger partial charge in [0.15, 0.2) is 0 Å². The van der Waals surface area contributed by atoms with Gasteiger partial charge in [-0.2, -0.15) is 0 Å². The van der Waals surface area contributed by atoms with E-state index in [1.165, 1.54) is 28.4 Å². The molecule has 0 aliphatic heterocycles. The van der Waals surface area contributed by atoms with Gasteiger partial charge in [-0.25, -0.2) is 4.98 Å². The molecule has 3 heteroatoms. The highest BCUT2D eigenvalue weighted by Crippen LogP contribution is 2.27. The number of aromatic nitrogens is 1. The van der Waals surface area contributed by atoms with Crippen molar-refractivity contribution in [3.63, 3.8) is 0 Å². The quantitative estimate of drug-likeness (QED) is 0.821. The summed E-state index contributed by atoms with van der Waals surface area (Å²) in [4.78, 5) is 6.02. The summed E-state index contributed by atoms with van der Waals surface area (Å²) in [6.45, 7) is 12.1. The van der Waals surface area contributed by atoms with Gasteiger partial charge in [0.1, 0.15) is 0 Å². The van der Waals surface area contributed by atoms with E-state index in [2.05, 4.69) is 44.9 Å². The summed E-state index contributed by atoms with van der Waals surface area (Å²) < 4.78 is 0. The van der Waals surface area contributed by atoms with Crippen molar-refractivity contribution in [1.29, 1.82) is 0 Å². The van der Waals surface area contributed by atoms with Crippen LogP contribution in [0, 0.1) is 13.8 Å². The third-order valence-electron chi connectivity index (χ3n) is 3.13. The summed E-state index contributed by atoms with van der Waals surface area (Å²) in [5.74, 6) is 0.522. The van der Waals surface area contributed by atoms with Crippen molar-refractivity contribution in [2.45, 2.75) is 59.4 Å². The van der Waals surface area contributed by atoms with Crippen LogP contribution < -0.4 is 5.32 Å². The Morgan fingerprint density at radius 2 is 2.00 bits per heavy atom. The maximum absolute atomic E-state index is 4.67. The monoisotopic (exact) mass is 240 g/mol. The number of thiazole rings is 1. The SMILES string of the molecule is CCCNC(CC)C(C)c1nc(C)c(C)s1. The summed E-state index contributed by atoms with van der Waals surface area (Å²) >= 11 is 1.85. The molecule has 1 aromatic heterocycles. The van der Waals surface area contributed by atoms with Crippen LogP contribution in [0.4, 0.5) is 0 Å². The second-order valence-electron chi connectivity index (χ2n) is 4.45. The van der Waals surface area contributed by atoms with Gasteiger partial charge in [0, 0.05) is 16.8 Å². The fourth-order valence-electron chi connectivity index (χ4n) is 1.87. The molecule has 0 aliphatic carbocycles. The molecule has 0 bridgehead atoms. The van der Waals surface area contributed by atoms with Crippen molar-refractivity contribution in [2.24, 2.45) is 0 Å². The summed E-state index contributed by atoms with van der Waals surface area (Å²) in [6.07, 6.45) is 2.36. The molecule has 0 aliphatic rings. The highest BCUT2D eigenvalue weighted by atomic mass is 32.1. The predicted octanol–water partition coefficient (Wildman–Crippen LogP) is 3.64. The van der Waals surface area contributed by atoms with Gasteiger partial charge in [0.05, 0.1) is 10.7 Å². The van der Waals surface area contributed by atoms with E-state index in [1.807, 2.05) is 11.3 Å². The first-order valence-electron chi connectivity index (χ1n) is 6.27. The highest BCUT2D eigenvalue weighted by molar-refractivity contribution is 7.11. The van der Waals surface area contributed by atoms with Gasteiger partial charge in [-0.05, 0) is 33.2 Å². The fourth-order valence-corrected chi connectivity index (χ4v) is 2.91. The molecule has 0 saturated heterocycles. The van der Waals surface area contributed by atoms with Crippen LogP contribution in [0.5, 0.6) is 0 Å². The minimum atomic E-state index is 0.522. The lowest BCUT2D eigenvalue weighted by atomic mass is 10.0. The summed E-state index contributed by atoms with van der Waals surface area (Å²) in [7, 11) is 0. The number of nitrogens with one attached hydrogen (secondary N) is 1. The zero-order valence-electron chi connectivity index (χ0n) is 11.1. The standard InChI is InChI=1S/C13H24N2S/c1-6-8-14-12(7-2)9(3)13-15-10(4)11(5)16-13/h9,12,14H,6-8H2,1-5H3. The second-order valence-corrected chi connectivity index (χ2v) is 5.69. The second kappa shape index (κ2) is 6.36. The molecular weight excluding hydrogens is 216 g/mol. The van der Waals surface area contributed by atoms with E-state index in [1.54, 1.807) is 0 Å². The van der Waals surface area contributed by atoms with Crippen LogP contribution in [-0.4, -0.2) is 17.6 Å². The topological polar surface area (TPSA) is 24.9 Å². The zero-order valence-corrected chi connectivity index (χ0v) is 11.9. The minimum absolute atomic E-state index is 0.522. The molecule has 1 rings (SSSR count). The van der Waals surface area contributed by atoms with E-state index in [9.17, 15) is 0 Å². The molecule has 0 fully saturated rings. The van der Waals surface area contributed by atoms with E-state index in [4.69, 9.17) is 0 Å². The van der Waals surface area contributed by atoms with Gasteiger partial charge >= 0.3 is 0 Å². The molecule has 2 unspecified atom stereocenters. The molecule has 1 heterocycles. The summed E-state index contributed by atoms with van der Waals surface area (Å²) in [5, 5.41) is 4.90. The van der Waals surface area contributed by atoms with E-state index in [0.29, 0.717) is 12.0 Å². The molecule has 2 nitrogen and oxygen atoms in total. The van der Waals surface area contributed by atoms with E-state index < -0.39 is 0 Å². The first kappa shape index (κ1) is 13.7. The normalized spacial score (nSPS) is 15.1. The Kier molecular flexibility index (Phi) is 5.42. The van der Waals surface area contributed by atoms with Crippen molar-refractivity contribution < 1.29 is 0 Å². The number of nitrogens with zero attached hydrogens (tertiary/aromatic N) is 1. The Hall–Kier alpha value is -0.410. The molecule has 2 atom stereocenters. The van der Waals surface area contributed by atoms with Gasteiger partial charge < -0.3 is 5.32 Å². The van der Waals surface area contributed by atoms with Gasteiger partial charge in [-0.15, -0.1) is 11.3 Å². The van der Waals surface area contributed by atoms with Gasteiger partial charge in [-0.3, -0.25) is 0 Å². The first-order chi connectivity index (χ1) is 7.60. The lowest BCUT2D eigenvalue weighted by molar-refractivity contribution is 0.437. The third-order valence-corrected chi connectivity index (χ3v) is 4.41. The molecule has 1 aromatic rings. The van der Waals surface area contributed by atoms with Gasteiger partial charge in [0.25, 0.3) is 0 Å². The smallest absolute Gasteiger partial charge is 0.0974 e. The number of aryl methyl sites for hydroxylation is 2. The highest BCUT2D eigenvalue weighted by Gasteiger charge is 2.20. The Labute approximate surface area is 103 Å². The van der Waals surface area contributed by atoms with Crippen LogP contribution in [0.25, 0.3) is 0 Å². The maximum Gasteiger partial charge on any atom is 0.0974 e. The van der Waals surface area contributed by atoms with Crippen LogP contribution in [0.3, 0.4) is 0 Å². The molecule has 92 valence electrons. The van der Waals surface area contributed by atoms with Crippen molar-refractivity contribution in [2.75, 3.05) is 6.54 Å². The van der Waals surface area contributed by atoms with Crippen LogP contribution >= 0.6 is 11.3 Å². The number of hydrogen-bond donors (Lipinski definition) is 1. The van der Waals surface area contributed by atoms with Crippen LogP contribution in [0.15, 0.2) is 0 Å². The lowest BCUT2D eigenvalue weighted by Crippen LogP contribution is -2.33. The van der Waals surface area contributed by atoms with Crippen LogP contribution in [0.2, 0.25) is 0 Å². The zero-order chi connectivity index (χ0) is 12.1.